The van der Waals surface area contributed by atoms with Crippen LogP contribution in [0.5, 0.6) is 0 Å². The molecule has 0 unspecified atom stereocenters. The summed E-state index contributed by atoms with van der Waals surface area (Å²) in [6.07, 6.45) is 2.30. The largest absolute Gasteiger partial charge is 0.481 e. The molecular weight excluding hydrogens is 208 g/mol. The van der Waals surface area contributed by atoms with Crippen molar-refractivity contribution in [1.29, 1.82) is 0 Å². The molecule has 0 aliphatic carbocycles. The highest BCUT2D eigenvalue weighted by molar-refractivity contribution is 5.66. The van der Waals surface area contributed by atoms with Crippen LogP contribution in [0.4, 0.5) is 0 Å². The maximum atomic E-state index is 11.4. The number of unbranched alkanes of at least 4 members (excludes halogenated alkanes) is 1. The first-order valence-electron chi connectivity index (χ1n) is 5.42. The molecule has 1 heterocycles. The summed E-state index contributed by atoms with van der Waals surface area (Å²) in [6, 6.07) is 3.04. The Balaban J connectivity index is 2.72. The van der Waals surface area contributed by atoms with E-state index in [4.69, 9.17) is 5.11 Å². The number of aliphatic carboxylic acids is 1. The Labute approximate surface area is 93.7 Å². The third kappa shape index (κ3) is 3.84. The summed E-state index contributed by atoms with van der Waals surface area (Å²) in [6.45, 7) is 2.63. The van der Waals surface area contributed by atoms with Gasteiger partial charge in [-0.05, 0) is 12.5 Å². The van der Waals surface area contributed by atoms with E-state index >= 15 is 0 Å². The van der Waals surface area contributed by atoms with E-state index < -0.39 is 5.97 Å². The number of rotatable bonds is 6. The molecule has 0 aliphatic rings. The lowest BCUT2D eigenvalue weighted by atomic mass is 10.2. The van der Waals surface area contributed by atoms with Gasteiger partial charge >= 0.3 is 5.97 Å². The van der Waals surface area contributed by atoms with Crippen LogP contribution in [0, 0.1) is 0 Å². The monoisotopic (exact) mass is 224 g/mol. The first kappa shape index (κ1) is 12.4. The molecule has 1 aromatic rings. The molecule has 5 heteroatoms. The van der Waals surface area contributed by atoms with Crippen LogP contribution in [0.1, 0.15) is 31.9 Å². The number of carbonyl (C=O) groups is 1. The molecule has 0 amide bonds. The summed E-state index contributed by atoms with van der Waals surface area (Å²) in [5, 5.41) is 12.7. The molecule has 0 fully saturated rings. The molecule has 1 aromatic heterocycles. The molecule has 0 bridgehead atoms. The highest BCUT2D eigenvalue weighted by atomic mass is 16.4. The van der Waals surface area contributed by atoms with Gasteiger partial charge in [-0.3, -0.25) is 9.59 Å². The molecule has 1 N–H and O–H groups in total. The summed E-state index contributed by atoms with van der Waals surface area (Å²) in [5.74, 6) is -0.854. The number of aromatic nitrogens is 2. The van der Waals surface area contributed by atoms with Crippen LogP contribution in [0.3, 0.4) is 0 Å². The van der Waals surface area contributed by atoms with Crippen molar-refractivity contribution >= 4 is 5.97 Å². The van der Waals surface area contributed by atoms with E-state index in [2.05, 4.69) is 5.10 Å². The van der Waals surface area contributed by atoms with Gasteiger partial charge in [0.05, 0.1) is 12.1 Å². The predicted molar refractivity (Wildman–Crippen MR) is 59.4 cm³/mol. The molecular formula is C11H16N2O3. The van der Waals surface area contributed by atoms with E-state index in [1.807, 2.05) is 6.92 Å². The van der Waals surface area contributed by atoms with Crippen LogP contribution in [0.15, 0.2) is 16.9 Å². The van der Waals surface area contributed by atoms with Crippen molar-refractivity contribution in [3.63, 3.8) is 0 Å². The molecule has 0 aromatic carbocycles. The second-order valence-electron chi connectivity index (χ2n) is 3.63. The number of carboxylic acid groups (broad SMARTS) is 1. The molecule has 88 valence electrons. The summed E-state index contributed by atoms with van der Waals surface area (Å²) >= 11 is 0. The van der Waals surface area contributed by atoms with Crippen LogP contribution < -0.4 is 5.56 Å². The van der Waals surface area contributed by atoms with Crippen LogP contribution in [-0.4, -0.2) is 20.9 Å². The number of hydrogen-bond donors (Lipinski definition) is 1. The third-order valence-corrected chi connectivity index (χ3v) is 2.24. The van der Waals surface area contributed by atoms with Crippen molar-refractivity contribution < 1.29 is 9.90 Å². The van der Waals surface area contributed by atoms with Crippen LogP contribution in [-0.2, 0) is 17.8 Å². The van der Waals surface area contributed by atoms with Gasteiger partial charge in [0.1, 0.15) is 0 Å². The first-order chi connectivity index (χ1) is 7.63. The fourth-order valence-corrected chi connectivity index (χ4v) is 1.33. The highest BCUT2D eigenvalue weighted by Gasteiger charge is 2.03. The number of nitrogens with zero attached hydrogens (tertiary/aromatic N) is 2. The average molecular weight is 224 g/mol. The molecule has 0 atom stereocenters. The van der Waals surface area contributed by atoms with E-state index in [-0.39, 0.29) is 12.0 Å². The van der Waals surface area contributed by atoms with Crippen molar-refractivity contribution in [2.45, 2.75) is 39.2 Å². The van der Waals surface area contributed by atoms with E-state index in [1.54, 1.807) is 6.07 Å². The topological polar surface area (TPSA) is 72.2 Å². The Bertz CT molecular complexity index is 412. The Morgan fingerprint density at radius 1 is 1.50 bits per heavy atom. The van der Waals surface area contributed by atoms with Crippen LogP contribution >= 0.6 is 0 Å². The van der Waals surface area contributed by atoms with Gasteiger partial charge in [0.2, 0.25) is 0 Å². The van der Waals surface area contributed by atoms with E-state index in [1.165, 1.54) is 10.7 Å². The lowest BCUT2D eigenvalue weighted by Gasteiger charge is -2.05. The fourth-order valence-electron chi connectivity index (χ4n) is 1.33. The van der Waals surface area contributed by atoms with E-state index in [9.17, 15) is 9.59 Å². The average Bonchev–Trinajstić information content (AvgIpc) is 2.26. The van der Waals surface area contributed by atoms with Crippen LogP contribution in [0.2, 0.25) is 0 Å². The minimum absolute atomic E-state index is 0.0407. The molecule has 1 rings (SSSR count). The standard InChI is InChI=1S/C11H16N2O3/c1-2-3-8-13-10(14)6-4-9(12-13)5-7-11(15)16/h4,6H,2-3,5,7-8H2,1H3,(H,15,16). The molecule has 0 aliphatic heterocycles. The van der Waals surface area contributed by atoms with Crippen molar-refractivity contribution in [3.05, 3.63) is 28.2 Å². The molecule has 0 saturated heterocycles. The van der Waals surface area contributed by atoms with Gasteiger partial charge in [-0.2, -0.15) is 5.10 Å². The first-order valence-corrected chi connectivity index (χ1v) is 5.42. The Hall–Kier alpha value is -1.65. The molecule has 16 heavy (non-hydrogen) atoms. The van der Waals surface area contributed by atoms with Crippen molar-refractivity contribution in [2.75, 3.05) is 0 Å². The number of aryl methyl sites for hydroxylation is 2. The summed E-state index contributed by atoms with van der Waals surface area (Å²) in [4.78, 5) is 21.8. The van der Waals surface area contributed by atoms with Crippen molar-refractivity contribution in [2.24, 2.45) is 0 Å². The quantitative estimate of drug-likeness (QED) is 0.784. The number of hydrogen-bond acceptors (Lipinski definition) is 3. The minimum atomic E-state index is -0.854. The maximum Gasteiger partial charge on any atom is 0.303 e. The Morgan fingerprint density at radius 3 is 2.88 bits per heavy atom. The zero-order valence-electron chi connectivity index (χ0n) is 9.35. The SMILES string of the molecule is CCCCn1nc(CCC(=O)O)ccc1=O. The second kappa shape index (κ2) is 6.05. The molecule has 5 nitrogen and oxygen atoms in total. The lowest BCUT2D eigenvalue weighted by Crippen LogP contribution is -2.23. The maximum absolute atomic E-state index is 11.4. The minimum Gasteiger partial charge on any atom is -0.481 e. The smallest absolute Gasteiger partial charge is 0.303 e. The zero-order chi connectivity index (χ0) is 12.0. The molecule has 0 saturated carbocycles. The summed E-state index contributed by atoms with van der Waals surface area (Å²) < 4.78 is 1.40. The third-order valence-electron chi connectivity index (χ3n) is 2.24. The second-order valence-corrected chi connectivity index (χ2v) is 3.63. The molecule has 0 radical (unpaired) electrons. The van der Waals surface area contributed by atoms with Gasteiger partial charge in [0.15, 0.2) is 0 Å². The van der Waals surface area contributed by atoms with E-state index in [0.29, 0.717) is 18.7 Å². The normalized spacial score (nSPS) is 10.3. The van der Waals surface area contributed by atoms with E-state index in [0.717, 1.165) is 12.8 Å². The van der Waals surface area contributed by atoms with Gasteiger partial charge in [-0.25, -0.2) is 4.68 Å². The Kier molecular flexibility index (Phi) is 4.69. The number of carboxylic acids is 1. The van der Waals surface area contributed by atoms with Crippen molar-refractivity contribution in [3.8, 4) is 0 Å². The molecule has 0 spiro atoms. The summed E-state index contributed by atoms with van der Waals surface area (Å²) in [5.41, 5.74) is 0.519. The summed E-state index contributed by atoms with van der Waals surface area (Å²) in [7, 11) is 0. The van der Waals surface area contributed by atoms with Crippen LogP contribution in [0.25, 0.3) is 0 Å². The fraction of sp³-hybridized carbons (Fsp3) is 0.545. The van der Waals surface area contributed by atoms with Gasteiger partial charge < -0.3 is 5.11 Å². The predicted octanol–water partition coefficient (Wildman–Crippen LogP) is 1.06. The van der Waals surface area contributed by atoms with Gasteiger partial charge in [0, 0.05) is 19.0 Å². The van der Waals surface area contributed by atoms with Gasteiger partial charge in [-0.15, -0.1) is 0 Å². The van der Waals surface area contributed by atoms with Gasteiger partial charge in [-0.1, -0.05) is 13.3 Å². The highest BCUT2D eigenvalue weighted by Crippen LogP contribution is 1.97. The van der Waals surface area contributed by atoms with Gasteiger partial charge in [0.25, 0.3) is 5.56 Å². The lowest BCUT2D eigenvalue weighted by molar-refractivity contribution is -0.136. The Morgan fingerprint density at radius 2 is 2.25 bits per heavy atom. The van der Waals surface area contributed by atoms with Crippen molar-refractivity contribution in [1.82, 2.24) is 9.78 Å². The zero-order valence-corrected chi connectivity index (χ0v) is 9.35.